The molecule has 0 aromatic rings. The number of ether oxygens (including phenoxy) is 1. The molecule has 14 heavy (non-hydrogen) atoms. The van der Waals surface area contributed by atoms with Crippen LogP contribution in [0, 0.1) is 5.92 Å². The van der Waals surface area contributed by atoms with Gasteiger partial charge in [-0.3, -0.25) is 0 Å². The Bertz CT molecular complexity index is 271. The van der Waals surface area contributed by atoms with E-state index in [1.54, 1.807) is 0 Å². The quantitative estimate of drug-likeness (QED) is 0.685. The molecule has 2 aliphatic rings. The molecule has 1 aliphatic heterocycles. The zero-order chi connectivity index (χ0) is 10.4. The van der Waals surface area contributed by atoms with Gasteiger partial charge in [0.25, 0.3) is 0 Å². The van der Waals surface area contributed by atoms with Crippen molar-refractivity contribution < 1.29 is 23.4 Å². The van der Waals surface area contributed by atoms with Gasteiger partial charge in [0, 0.05) is 11.5 Å². The summed E-state index contributed by atoms with van der Waals surface area (Å²) < 4.78 is 30.5. The van der Waals surface area contributed by atoms with Gasteiger partial charge in [-0.25, -0.2) is 4.79 Å². The van der Waals surface area contributed by atoms with Gasteiger partial charge in [-0.05, 0) is 6.42 Å². The zero-order valence-corrected chi connectivity index (χ0v) is 7.43. The van der Waals surface area contributed by atoms with Gasteiger partial charge in [-0.1, -0.05) is 0 Å². The molecule has 1 aliphatic carbocycles. The molecular formula is C8H11F2NO3. The van der Waals surface area contributed by atoms with Gasteiger partial charge in [-0.2, -0.15) is 8.78 Å². The molecule has 2 atom stereocenters. The van der Waals surface area contributed by atoms with E-state index < -0.39 is 18.4 Å². The van der Waals surface area contributed by atoms with Crippen molar-refractivity contribution in [2.45, 2.75) is 17.9 Å². The topological polar surface area (TPSA) is 58.6 Å². The minimum absolute atomic E-state index is 0.284. The van der Waals surface area contributed by atoms with Crippen molar-refractivity contribution in [1.82, 2.24) is 5.32 Å². The summed E-state index contributed by atoms with van der Waals surface area (Å²) >= 11 is 0. The Labute approximate surface area is 79.2 Å². The Morgan fingerprint density at radius 2 is 2.43 bits per heavy atom. The van der Waals surface area contributed by atoms with Crippen molar-refractivity contribution >= 4 is 5.97 Å². The molecule has 6 heteroatoms. The van der Waals surface area contributed by atoms with E-state index in [0.717, 1.165) is 6.42 Å². The van der Waals surface area contributed by atoms with Gasteiger partial charge in [0.15, 0.2) is 0 Å². The molecule has 0 bridgehead atoms. The van der Waals surface area contributed by atoms with Crippen molar-refractivity contribution in [3.8, 4) is 0 Å². The smallest absolute Gasteiger partial charge is 0.375 e. The Kier molecular flexibility index (Phi) is 2.01. The Morgan fingerprint density at radius 1 is 1.71 bits per heavy atom. The highest BCUT2D eigenvalue weighted by molar-refractivity contribution is 5.75. The van der Waals surface area contributed by atoms with Crippen LogP contribution in [0.2, 0.25) is 0 Å². The first-order valence-electron chi connectivity index (χ1n) is 4.40. The first-order valence-corrected chi connectivity index (χ1v) is 4.40. The Balaban J connectivity index is 1.86. The monoisotopic (exact) mass is 207 g/mol. The van der Waals surface area contributed by atoms with Crippen LogP contribution >= 0.6 is 0 Å². The number of rotatable bonds is 4. The third-order valence-electron chi connectivity index (χ3n) is 2.89. The summed E-state index contributed by atoms with van der Waals surface area (Å²) in [6.45, 7) is 0.182. The van der Waals surface area contributed by atoms with Crippen molar-refractivity contribution in [1.29, 1.82) is 0 Å². The van der Waals surface area contributed by atoms with Gasteiger partial charge in [-0.15, -0.1) is 0 Å². The van der Waals surface area contributed by atoms with Crippen LogP contribution in [0.5, 0.6) is 0 Å². The van der Waals surface area contributed by atoms with Crippen LogP contribution in [0.15, 0.2) is 0 Å². The zero-order valence-electron chi connectivity index (χ0n) is 7.43. The third kappa shape index (κ3) is 1.48. The Hall–Kier alpha value is -0.750. The van der Waals surface area contributed by atoms with Crippen LogP contribution in [0.1, 0.15) is 6.42 Å². The summed E-state index contributed by atoms with van der Waals surface area (Å²) in [4.78, 5) is 10.1. The van der Waals surface area contributed by atoms with Crippen LogP contribution in [-0.4, -0.2) is 42.3 Å². The Morgan fingerprint density at radius 3 is 2.86 bits per heavy atom. The first kappa shape index (κ1) is 9.79. The maximum Gasteiger partial charge on any atom is 0.375 e. The van der Waals surface area contributed by atoms with Gasteiger partial charge >= 0.3 is 11.9 Å². The molecule has 1 saturated carbocycles. The predicted octanol–water partition coefficient (Wildman–Crippen LogP) is 0.0848. The van der Waals surface area contributed by atoms with Gasteiger partial charge in [0.05, 0.1) is 19.8 Å². The average Bonchev–Trinajstić information content (AvgIpc) is 2.66. The number of fused-ring (bicyclic) bond motifs is 1. The predicted molar refractivity (Wildman–Crippen MR) is 42.2 cm³/mol. The summed E-state index contributed by atoms with van der Waals surface area (Å²) in [7, 11) is 0. The lowest BCUT2D eigenvalue weighted by Gasteiger charge is -2.17. The minimum atomic E-state index is -3.69. The second kappa shape index (κ2) is 2.87. The van der Waals surface area contributed by atoms with E-state index in [1.807, 2.05) is 0 Å². The lowest BCUT2D eigenvalue weighted by atomic mass is 10.2. The number of nitrogens with one attached hydrogen (secondary N) is 1. The molecule has 2 N–H and O–H groups in total. The van der Waals surface area contributed by atoms with E-state index >= 15 is 0 Å². The van der Waals surface area contributed by atoms with Crippen LogP contribution < -0.4 is 5.32 Å². The van der Waals surface area contributed by atoms with Crippen LogP contribution in [0.25, 0.3) is 0 Å². The number of halogens is 2. The van der Waals surface area contributed by atoms with Crippen molar-refractivity contribution in [3.63, 3.8) is 0 Å². The van der Waals surface area contributed by atoms with Gasteiger partial charge in [0.1, 0.15) is 0 Å². The highest BCUT2D eigenvalue weighted by Crippen LogP contribution is 2.48. The summed E-state index contributed by atoms with van der Waals surface area (Å²) in [5.74, 6) is -5.49. The number of hydrogen-bond donors (Lipinski definition) is 2. The SMILES string of the molecule is O=C(O)C(F)(F)CNC12COCC1C2. The fourth-order valence-electron chi connectivity index (χ4n) is 1.79. The maximum atomic E-state index is 12.7. The molecule has 0 spiro atoms. The number of carboxylic acids is 1. The molecule has 2 rings (SSSR count). The normalized spacial score (nSPS) is 35.4. The maximum absolute atomic E-state index is 12.7. The summed E-state index contributed by atoms with van der Waals surface area (Å²) in [5, 5.41) is 10.8. The molecule has 80 valence electrons. The number of alkyl halides is 2. The molecule has 2 unspecified atom stereocenters. The molecule has 1 heterocycles. The molecule has 1 saturated heterocycles. The molecular weight excluding hydrogens is 196 g/mol. The summed E-state index contributed by atoms with van der Waals surface area (Å²) in [6, 6.07) is 0. The number of aliphatic carboxylic acids is 1. The fraction of sp³-hybridized carbons (Fsp3) is 0.875. The van der Waals surface area contributed by atoms with Crippen molar-refractivity contribution in [3.05, 3.63) is 0 Å². The molecule has 0 amide bonds. The minimum Gasteiger partial charge on any atom is -0.477 e. The lowest BCUT2D eigenvalue weighted by molar-refractivity contribution is -0.164. The van der Waals surface area contributed by atoms with E-state index in [1.165, 1.54) is 0 Å². The number of hydrogen-bond acceptors (Lipinski definition) is 3. The third-order valence-corrected chi connectivity index (χ3v) is 2.89. The van der Waals surface area contributed by atoms with Crippen LogP contribution in [-0.2, 0) is 9.53 Å². The van der Waals surface area contributed by atoms with Crippen LogP contribution in [0.4, 0.5) is 8.78 Å². The van der Waals surface area contributed by atoms with E-state index in [-0.39, 0.29) is 11.5 Å². The van der Waals surface area contributed by atoms with E-state index in [2.05, 4.69) is 5.32 Å². The summed E-state index contributed by atoms with van der Waals surface area (Å²) in [6.07, 6.45) is 0.808. The molecule has 2 fully saturated rings. The second-order valence-corrected chi connectivity index (χ2v) is 3.94. The van der Waals surface area contributed by atoms with E-state index in [9.17, 15) is 13.6 Å². The standard InChI is InChI=1S/C8H11F2NO3/c9-8(10,6(12)13)3-11-7-1-5(7)2-14-4-7/h5,11H,1-4H2,(H,12,13). The number of carbonyl (C=O) groups is 1. The molecule has 0 radical (unpaired) electrons. The average molecular weight is 207 g/mol. The molecule has 0 aromatic carbocycles. The molecule has 0 aromatic heterocycles. The van der Waals surface area contributed by atoms with Crippen molar-refractivity contribution in [2.75, 3.05) is 19.8 Å². The second-order valence-electron chi connectivity index (χ2n) is 3.94. The van der Waals surface area contributed by atoms with E-state index in [0.29, 0.717) is 13.2 Å². The first-order chi connectivity index (χ1) is 6.46. The van der Waals surface area contributed by atoms with Crippen LogP contribution in [0.3, 0.4) is 0 Å². The largest absolute Gasteiger partial charge is 0.477 e. The molecule has 4 nitrogen and oxygen atoms in total. The van der Waals surface area contributed by atoms with E-state index in [4.69, 9.17) is 9.84 Å². The summed E-state index contributed by atoms with van der Waals surface area (Å²) in [5.41, 5.74) is -0.362. The highest BCUT2D eigenvalue weighted by Gasteiger charge is 2.59. The van der Waals surface area contributed by atoms with Gasteiger partial charge < -0.3 is 15.2 Å². The lowest BCUT2D eigenvalue weighted by Crippen LogP contribution is -2.46. The number of carboxylic acid groups (broad SMARTS) is 1. The fourth-order valence-corrected chi connectivity index (χ4v) is 1.79. The highest BCUT2D eigenvalue weighted by atomic mass is 19.3. The van der Waals surface area contributed by atoms with Gasteiger partial charge in [0.2, 0.25) is 0 Å². The van der Waals surface area contributed by atoms with Crippen molar-refractivity contribution in [2.24, 2.45) is 5.92 Å².